The topological polar surface area (TPSA) is 3.24 Å². The van der Waals surface area contributed by atoms with Crippen molar-refractivity contribution in [1.82, 2.24) is 0 Å². The van der Waals surface area contributed by atoms with Crippen LogP contribution in [0.2, 0.25) is 0 Å². The van der Waals surface area contributed by atoms with E-state index in [1.54, 1.807) is 0 Å². The summed E-state index contributed by atoms with van der Waals surface area (Å²) in [6, 6.07) is 100. The monoisotopic (exact) mass is 839 g/mol. The molecule has 0 unspecified atom stereocenters. The highest BCUT2D eigenvalue weighted by molar-refractivity contribution is 6.02. The normalized spacial score (nSPS) is 12.4. The number of rotatable bonds is 9. The minimum Gasteiger partial charge on any atom is -0.310 e. The second-order valence-electron chi connectivity index (χ2n) is 17.2. The van der Waals surface area contributed by atoms with Crippen molar-refractivity contribution in [2.45, 2.75) is 5.41 Å². The van der Waals surface area contributed by atoms with Crippen molar-refractivity contribution in [2.75, 3.05) is 4.90 Å². The fourth-order valence-corrected chi connectivity index (χ4v) is 10.6. The van der Waals surface area contributed by atoms with Crippen LogP contribution < -0.4 is 4.90 Å². The molecule has 12 rings (SSSR count). The number of hydrogen-bond donors (Lipinski definition) is 0. The van der Waals surface area contributed by atoms with E-state index in [0.717, 1.165) is 22.6 Å². The summed E-state index contributed by atoms with van der Waals surface area (Å²) in [6.45, 7) is 0. The number of anilines is 3. The Kier molecular flexibility index (Phi) is 9.81. The summed E-state index contributed by atoms with van der Waals surface area (Å²) in [4.78, 5) is 2.51. The van der Waals surface area contributed by atoms with E-state index in [0.29, 0.717) is 0 Å². The van der Waals surface area contributed by atoms with Gasteiger partial charge in [-0.05, 0) is 119 Å². The van der Waals surface area contributed by atoms with Crippen molar-refractivity contribution in [3.63, 3.8) is 0 Å². The van der Waals surface area contributed by atoms with Crippen molar-refractivity contribution in [3.8, 4) is 55.6 Å². The summed E-state index contributed by atoms with van der Waals surface area (Å²) in [5.41, 5.74) is 19.6. The zero-order valence-corrected chi connectivity index (χ0v) is 36.4. The van der Waals surface area contributed by atoms with Crippen LogP contribution in [0.1, 0.15) is 22.3 Å². The van der Waals surface area contributed by atoms with Gasteiger partial charge in [0.15, 0.2) is 0 Å². The van der Waals surface area contributed by atoms with Crippen molar-refractivity contribution in [1.29, 1.82) is 0 Å². The summed E-state index contributed by atoms with van der Waals surface area (Å²) >= 11 is 0. The van der Waals surface area contributed by atoms with Gasteiger partial charge in [0.25, 0.3) is 0 Å². The molecule has 0 heterocycles. The summed E-state index contributed by atoms with van der Waals surface area (Å²) < 4.78 is 0. The molecule has 1 nitrogen and oxygen atoms in total. The molecule has 11 aromatic carbocycles. The summed E-state index contributed by atoms with van der Waals surface area (Å²) in [5.74, 6) is 0. The Morgan fingerprint density at radius 2 is 0.758 bits per heavy atom. The molecule has 0 bridgehead atoms. The average Bonchev–Trinajstić information content (AvgIpc) is 3.70. The van der Waals surface area contributed by atoms with Crippen LogP contribution in [0.5, 0.6) is 0 Å². The van der Waals surface area contributed by atoms with Crippen LogP contribution in [0.4, 0.5) is 17.1 Å². The van der Waals surface area contributed by atoms with Gasteiger partial charge in [-0.1, -0.05) is 237 Å². The van der Waals surface area contributed by atoms with Crippen LogP contribution in [-0.4, -0.2) is 0 Å². The van der Waals surface area contributed by atoms with E-state index >= 15 is 0 Å². The molecule has 0 spiro atoms. The number of hydrogen-bond acceptors (Lipinski definition) is 1. The quantitative estimate of drug-likeness (QED) is 0.140. The first-order chi connectivity index (χ1) is 32.8. The molecule has 1 aliphatic rings. The minimum absolute atomic E-state index is 0.558. The van der Waals surface area contributed by atoms with E-state index in [9.17, 15) is 0 Å². The fraction of sp³-hybridized carbons (Fsp3) is 0.0154. The molecule has 0 aromatic heterocycles. The third kappa shape index (κ3) is 6.56. The highest BCUT2D eigenvalue weighted by Crippen LogP contribution is 2.58. The highest BCUT2D eigenvalue weighted by atomic mass is 15.1. The molecule has 1 heteroatoms. The Bertz CT molecular complexity index is 3480. The fourth-order valence-electron chi connectivity index (χ4n) is 10.6. The molecule has 1 aliphatic carbocycles. The van der Waals surface area contributed by atoms with Crippen molar-refractivity contribution in [3.05, 3.63) is 295 Å². The van der Waals surface area contributed by atoms with E-state index in [1.807, 2.05) is 0 Å². The summed E-state index contributed by atoms with van der Waals surface area (Å²) in [6.07, 6.45) is 0. The predicted molar refractivity (Wildman–Crippen MR) is 278 cm³/mol. The first kappa shape index (κ1) is 39.1. The van der Waals surface area contributed by atoms with Crippen molar-refractivity contribution >= 4 is 27.8 Å². The molecule has 0 aliphatic heterocycles. The van der Waals surface area contributed by atoms with E-state index in [1.165, 1.54) is 83.1 Å². The van der Waals surface area contributed by atoms with E-state index in [2.05, 4.69) is 278 Å². The summed E-state index contributed by atoms with van der Waals surface area (Å²) in [7, 11) is 0. The van der Waals surface area contributed by atoms with Gasteiger partial charge in [-0.2, -0.15) is 0 Å². The third-order valence-corrected chi connectivity index (χ3v) is 13.5. The first-order valence-electron chi connectivity index (χ1n) is 22.8. The largest absolute Gasteiger partial charge is 0.310 e. The second kappa shape index (κ2) is 16.6. The molecule has 0 radical (unpaired) electrons. The van der Waals surface area contributed by atoms with Gasteiger partial charge in [-0.3, -0.25) is 0 Å². The maximum atomic E-state index is 2.51. The van der Waals surface area contributed by atoms with Crippen LogP contribution >= 0.6 is 0 Å². The molecule has 0 saturated carbocycles. The lowest BCUT2D eigenvalue weighted by Crippen LogP contribution is -2.28. The van der Waals surface area contributed by atoms with Crippen LogP contribution in [-0.2, 0) is 5.41 Å². The second-order valence-corrected chi connectivity index (χ2v) is 17.2. The van der Waals surface area contributed by atoms with Gasteiger partial charge in [-0.25, -0.2) is 0 Å². The molecule has 11 aromatic rings. The van der Waals surface area contributed by atoms with Crippen LogP contribution in [0.25, 0.3) is 66.4 Å². The minimum atomic E-state index is -0.558. The lowest BCUT2D eigenvalue weighted by Gasteiger charge is -2.35. The maximum absolute atomic E-state index is 2.51. The Balaban J connectivity index is 1.17. The molecule has 66 heavy (non-hydrogen) atoms. The number of nitrogens with zero attached hydrogens (tertiary/aromatic N) is 1. The van der Waals surface area contributed by atoms with Gasteiger partial charge in [0.2, 0.25) is 0 Å². The molecular weight excluding hydrogens is 795 g/mol. The lowest BCUT2D eigenvalue weighted by atomic mass is 9.67. The number of benzene rings is 11. The van der Waals surface area contributed by atoms with Gasteiger partial charge in [0.05, 0.1) is 11.1 Å². The standard InChI is InChI=1S/C65H45N/c1-5-22-47(23-6-1)56-33-15-16-35-60(56)64-57(48-24-7-2-8-25-48)36-20-38-63(64)66(54-32-19-27-50(44-54)51-40-39-46-21-13-14-26-49(46)43-51)55-41-42-59-58-34-17-18-37-61(58)65(62(59)45-55,52-28-9-3-10-29-52)53-30-11-4-12-31-53/h1-45H. The zero-order chi connectivity index (χ0) is 43.9. The van der Waals surface area contributed by atoms with Gasteiger partial charge in [0.1, 0.15) is 0 Å². The molecule has 0 N–H and O–H groups in total. The van der Waals surface area contributed by atoms with Gasteiger partial charge in [-0.15, -0.1) is 0 Å². The van der Waals surface area contributed by atoms with Gasteiger partial charge < -0.3 is 4.90 Å². The van der Waals surface area contributed by atoms with Crippen LogP contribution in [0.3, 0.4) is 0 Å². The number of fused-ring (bicyclic) bond motifs is 4. The SMILES string of the molecule is c1ccc(-c2ccccc2-c2c(-c3ccccc3)cccc2N(c2cccc(-c3ccc4ccccc4c3)c2)c2ccc3c(c2)C(c2ccccc2)(c2ccccc2)c2ccccc2-3)cc1. The molecule has 0 atom stereocenters. The first-order valence-corrected chi connectivity index (χ1v) is 22.8. The Labute approximate surface area is 387 Å². The smallest absolute Gasteiger partial charge is 0.0714 e. The Hall–Kier alpha value is -8.52. The van der Waals surface area contributed by atoms with Crippen molar-refractivity contribution in [2.24, 2.45) is 0 Å². The average molecular weight is 840 g/mol. The van der Waals surface area contributed by atoms with E-state index in [-0.39, 0.29) is 0 Å². The molecule has 0 amide bonds. The predicted octanol–water partition coefficient (Wildman–Crippen LogP) is 17.3. The van der Waals surface area contributed by atoms with Crippen LogP contribution in [0.15, 0.2) is 273 Å². The summed E-state index contributed by atoms with van der Waals surface area (Å²) in [5, 5.41) is 2.46. The van der Waals surface area contributed by atoms with E-state index in [4.69, 9.17) is 0 Å². The molecule has 310 valence electrons. The lowest BCUT2D eigenvalue weighted by molar-refractivity contribution is 0.768. The van der Waals surface area contributed by atoms with Gasteiger partial charge in [0, 0.05) is 16.9 Å². The van der Waals surface area contributed by atoms with Crippen LogP contribution in [0, 0.1) is 0 Å². The maximum Gasteiger partial charge on any atom is 0.0714 e. The van der Waals surface area contributed by atoms with Gasteiger partial charge >= 0.3 is 0 Å². The zero-order valence-electron chi connectivity index (χ0n) is 36.4. The third-order valence-electron chi connectivity index (χ3n) is 13.5. The Morgan fingerprint density at radius 1 is 0.258 bits per heavy atom. The van der Waals surface area contributed by atoms with Crippen molar-refractivity contribution < 1.29 is 0 Å². The molecular formula is C65H45N. The van der Waals surface area contributed by atoms with E-state index < -0.39 is 5.41 Å². The highest BCUT2D eigenvalue weighted by Gasteiger charge is 2.46. The Morgan fingerprint density at radius 3 is 1.47 bits per heavy atom. The molecule has 0 fully saturated rings. The molecule has 0 saturated heterocycles.